The molecular weight excluding hydrogens is 262 g/mol. The lowest BCUT2D eigenvalue weighted by molar-refractivity contribution is -0.137. The monoisotopic (exact) mass is 281 g/mol. The number of terminal acetylenes is 1. The number of carbonyl (C=O) groups is 3. The van der Waals surface area contributed by atoms with Gasteiger partial charge >= 0.3 is 12.0 Å². The van der Waals surface area contributed by atoms with Gasteiger partial charge in [0.1, 0.15) is 6.54 Å². The van der Waals surface area contributed by atoms with Crippen LogP contribution in [0.3, 0.4) is 0 Å². The van der Waals surface area contributed by atoms with Gasteiger partial charge in [0.05, 0.1) is 6.54 Å². The molecule has 7 heteroatoms. The number of piperidine rings is 1. The smallest absolute Gasteiger partial charge is 0.323 e. The number of aliphatic carboxylic acids is 1. The van der Waals surface area contributed by atoms with Gasteiger partial charge in [-0.25, -0.2) is 4.79 Å². The Morgan fingerprint density at radius 3 is 2.45 bits per heavy atom. The number of hydrogen-bond donors (Lipinski definition) is 2. The van der Waals surface area contributed by atoms with Crippen LogP contribution in [0.4, 0.5) is 4.79 Å². The van der Waals surface area contributed by atoms with E-state index in [1.807, 2.05) is 0 Å². The molecule has 3 amide bonds. The number of carboxylic acid groups (broad SMARTS) is 1. The van der Waals surface area contributed by atoms with Crippen molar-refractivity contribution < 1.29 is 19.5 Å². The summed E-state index contributed by atoms with van der Waals surface area (Å²) in [5.41, 5.74) is 0. The van der Waals surface area contributed by atoms with Crippen LogP contribution in [0.5, 0.6) is 0 Å². The Morgan fingerprint density at radius 1 is 1.40 bits per heavy atom. The van der Waals surface area contributed by atoms with Gasteiger partial charge in [-0.2, -0.15) is 0 Å². The van der Waals surface area contributed by atoms with Crippen LogP contribution in [-0.4, -0.2) is 66.0 Å². The van der Waals surface area contributed by atoms with Crippen LogP contribution in [0.25, 0.3) is 0 Å². The summed E-state index contributed by atoms with van der Waals surface area (Å²) < 4.78 is 0. The minimum absolute atomic E-state index is 0.0249. The molecule has 110 valence electrons. The Hall–Kier alpha value is -2.23. The molecule has 0 aromatic rings. The standard InChI is InChI=1S/C13H19N3O4/c1-3-6-16(9-11(17)18)13(20)15-7-4-10(5-8-15)12(19)14-2/h1,10H,4-9H2,2H3,(H,14,19)(H,17,18). The van der Waals surface area contributed by atoms with Crippen LogP contribution in [-0.2, 0) is 9.59 Å². The number of amides is 3. The van der Waals surface area contributed by atoms with Gasteiger partial charge in [0.2, 0.25) is 5.91 Å². The van der Waals surface area contributed by atoms with Crippen molar-refractivity contribution in [1.29, 1.82) is 0 Å². The van der Waals surface area contributed by atoms with Gasteiger partial charge in [0, 0.05) is 26.1 Å². The van der Waals surface area contributed by atoms with E-state index in [1.165, 1.54) is 0 Å². The third kappa shape index (κ3) is 4.16. The predicted octanol–water partition coefficient (Wildman–Crippen LogP) is -0.416. The van der Waals surface area contributed by atoms with Crippen molar-refractivity contribution in [2.24, 2.45) is 5.92 Å². The predicted molar refractivity (Wildman–Crippen MR) is 71.8 cm³/mol. The second kappa shape index (κ2) is 7.38. The first kappa shape index (κ1) is 15.8. The lowest BCUT2D eigenvalue weighted by Gasteiger charge is -2.34. The second-order valence-corrected chi connectivity index (χ2v) is 4.61. The van der Waals surface area contributed by atoms with Gasteiger partial charge < -0.3 is 20.2 Å². The summed E-state index contributed by atoms with van der Waals surface area (Å²) in [4.78, 5) is 37.0. The second-order valence-electron chi connectivity index (χ2n) is 4.61. The summed E-state index contributed by atoms with van der Waals surface area (Å²) in [6.45, 7) is 0.397. The lowest BCUT2D eigenvalue weighted by atomic mass is 9.96. The molecule has 0 radical (unpaired) electrons. The molecule has 1 rings (SSSR count). The third-order valence-corrected chi connectivity index (χ3v) is 3.26. The van der Waals surface area contributed by atoms with Gasteiger partial charge in [-0.15, -0.1) is 6.42 Å². The number of rotatable bonds is 4. The van der Waals surface area contributed by atoms with Crippen molar-refractivity contribution in [1.82, 2.24) is 15.1 Å². The number of nitrogens with zero attached hydrogens (tertiary/aromatic N) is 2. The van der Waals surface area contributed by atoms with Crippen LogP contribution in [0.2, 0.25) is 0 Å². The molecule has 0 atom stereocenters. The first-order valence-electron chi connectivity index (χ1n) is 6.40. The first-order valence-corrected chi connectivity index (χ1v) is 6.40. The molecule has 1 aliphatic rings. The van der Waals surface area contributed by atoms with E-state index in [0.29, 0.717) is 25.9 Å². The Bertz CT molecular complexity index is 422. The van der Waals surface area contributed by atoms with Gasteiger partial charge in [-0.05, 0) is 12.8 Å². The van der Waals surface area contributed by atoms with Crippen LogP contribution in [0.1, 0.15) is 12.8 Å². The summed E-state index contributed by atoms with van der Waals surface area (Å²) in [5, 5.41) is 11.4. The SMILES string of the molecule is C#CCN(CC(=O)O)C(=O)N1CCC(C(=O)NC)CC1. The van der Waals surface area contributed by atoms with Crippen LogP contribution < -0.4 is 5.32 Å². The molecule has 1 fully saturated rings. The van der Waals surface area contributed by atoms with Crippen LogP contribution in [0.15, 0.2) is 0 Å². The Labute approximate surface area is 117 Å². The zero-order chi connectivity index (χ0) is 15.1. The van der Waals surface area contributed by atoms with Crippen molar-refractivity contribution in [3.05, 3.63) is 0 Å². The van der Waals surface area contributed by atoms with Crippen molar-refractivity contribution in [2.45, 2.75) is 12.8 Å². The first-order chi connectivity index (χ1) is 9.49. The fourth-order valence-electron chi connectivity index (χ4n) is 2.20. The zero-order valence-electron chi connectivity index (χ0n) is 11.5. The molecule has 0 spiro atoms. The lowest BCUT2D eigenvalue weighted by Crippen LogP contribution is -2.49. The molecule has 0 unspecified atom stereocenters. The average Bonchev–Trinajstić information content (AvgIpc) is 2.45. The fraction of sp³-hybridized carbons (Fsp3) is 0.615. The number of carboxylic acids is 1. The van der Waals surface area contributed by atoms with E-state index in [4.69, 9.17) is 11.5 Å². The highest BCUT2D eigenvalue weighted by molar-refractivity contribution is 5.81. The fourth-order valence-corrected chi connectivity index (χ4v) is 2.20. The van der Waals surface area contributed by atoms with Gasteiger partial charge in [0.25, 0.3) is 0 Å². The Balaban J connectivity index is 2.58. The average molecular weight is 281 g/mol. The maximum Gasteiger partial charge on any atom is 0.323 e. The van der Waals surface area contributed by atoms with E-state index in [0.717, 1.165) is 4.90 Å². The van der Waals surface area contributed by atoms with E-state index >= 15 is 0 Å². The van der Waals surface area contributed by atoms with Crippen LogP contribution in [0, 0.1) is 18.3 Å². The summed E-state index contributed by atoms with van der Waals surface area (Å²) in [7, 11) is 1.58. The molecule has 1 aliphatic heterocycles. The Kier molecular flexibility index (Phi) is 5.84. The molecule has 7 nitrogen and oxygen atoms in total. The highest BCUT2D eigenvalue weighted by atomic mass is 16.4. The number of nitrogens with one attached hydrogen (secondary N) is 1. The topological polar surface area (TPSA) is 90.0 Å². The number of urea groups is 1. The highest BCUT2D eigenvalue weighted by Crippen LogP contribution is 2.18. The van der Waals surface area contributed by atoms with Crippen molar-refractivity contribution in [3.63, 3.8) is 0 Å². The maximum absolute atomic E-state index is 12.2. The van der Waals surface area contributed by atoms with Crippen molar-refractivity contribution in [2.75, 3.05) is 33.2 Å². The van der Waals surface area contributed by atoms with E-state index in [9.17, 15) is 14.4 Å². The molecule has 0 bridgehead atoms. The zero-order valence-corrected chi connectivity index (χ0v) is 11.5. The van der Waals surface area contributed by atoms with Gasteiger partial charge in [-0.3, -0.25) is 9.59 Å². The molecule has 0 saturated carbocycles. The number of carbonyl (C=O) groups excluding carboxylic acids is 2. The molecule has 0 aliphatic carbocycles. The summed E-state index contributed by atoms with van der Waals surface area (Å²) in [6.07, 6.45) is 6.29. The molecule has 0 aromatic carbocycles. The van der Waals surface area contributed by atoms with Crippen molar-refractivity contribution >= 4 is 17.9 Å². The Morgan fingerprint density at radius 2 is 2.00 bits per heavy atom. The van der Waals surface area contributed by atoms with E-state index in [1.54, 1.807) is 11.9 Å². The normalized spacial score (nSPS) is 15.3. The summed E-state index contributed by atoms with van der Waals surface area (Å²) in [6, 6.07) is -0.388. The summed E-state index contributed by atoms with van der Waals surface area (Å²) >= 11 is 0. The highest BCUT2D eigenvalue weighted by Gasteiger charge is 2.29. The maximum atomic E-state index is 12.2. The molecular formula is C13H19N3O4. The third-order valence-electron chi connectivity index (χ3n) is 3.26. The van der Waals surface area contributed by atoms with E-state index in [-0.39, 0.29) is 24.4 Å². The number of likely N-dealkylation sites (tertiary alicyclic amines) is 1. The molecule has 2 N–H and O–H groups in total. The molecule has 20 heavy (non-hydrogen) atoms. The number of hydrogen-bond acceptors (Lipinski definition) is 3. The minimum Gasteiger partial charge on any atom is -0.480 e. The van der Waals surface area contributed by atoms with Gasteiger partial charge in [-0.1, -0.05) is 5.92 Å². The van der Waals surface area contributed by atoms with Crippen LogP contribution >= 0.6 is 0 Å². The largest absolute Gasteiger partial charge is 0.480 e. The summed E-state index contributed by atoms with van der Waals surface area (Å²) in [5.74, 6) is 1.06. The molecule has 1 saturated heterocycles. The quantitative estimate of drug-likeness (QED) is 0.685. The van der Waals surface area contributed by atoms with Gasteiger partial charge in [0.15, 0.2) is 0 Å². The van der Waals surface area contributed by atoms with E-state index in [2.05, 4.69) is 11.2 Å². The molecule has 1 heterocycles. The minimum atomic E-state index is -1.10. The van der Waals surface area contributed by atoms with E-state index < -0.39 is 12.5 Å². The molecule has 0 aromatic heterocycles. The van der Waals surface area contributed by atoms with Crippen molar-refractivity contribution in [3.8, 4) is 12.3 Å².